The summed E-state index contributed by atoms with van der Waals surface area (Å²) in [6.07, 6.45) is 5.06. The Balaban J connectivity index is 1.48. The molecule has 20 heteroatoms. The van der Waals surface area contributed by atoms with E-state index in [-0.39, 0.29) is 44.5 Å². The van der Waals surface area contributed by atoms with Crippen LogP contribution < -0.4 is 21.0 Å². The highest BCUT2D eigenvalue weighted by Gasteiger charge is 2.40. The maximum absolute atomic E-state index is 14.6. The molecule has 4 atom stereocenters. The summed E-state index contributed by atoms with van der Waals surface area (Å²) in [6, 6.07) is 6.42. The smallest absolute Gasteiger partial charge is 0.294 e. The molecule has 18 nitrogen and oxygen atoms in total. The van der Waals surface area contributed by atoms with E-state index in [0.717, 1.165) is 65.3 Å². The van der Waals surface area contributed by atoms with Crippen molar-refractivity contribution in [3.63, 3.8) is 0 Å². The zero-order valence-corrected chi connectivity index (χ0v) is 43.8. The average Bonchev–Trinajstić information content (AvgIpc) is 3.64. The van der Waals surface area contributed by atoms with Gasteiger partial charge in [0.2, 0.25) is 11.8 Å². The van der Waals surface area contributed by atoms with Crippen LogP contribution in [0, 0.1) is 22.7 Å². The number of nitrogens with zero attached hydrogens (tertiary/aromatic N) is 7. The van der Waals surface area contributed by atoms with Crippen LogP contribution in [0.25, 0.3) is 22.2 Å². The molecule has 2 aromatic heterocycles. The van der Waals surface area contributed by atoms with Gasteiger partial charge in [0.15, 0.2) is 5.84 Å². The van der Waals surface area contributed by atoms with Gasteiger partial charge in [-0.1, -0.05) is 27.7 Å². The number of carbonyl (C=O) groups excluding carboxylic acids is 5. The molecule has 6 rings (SSSR count). The third-order valence-electron chi connectivity index (χ3n) is 13.5. The van der Waals surface area contributed by atoms with Crippen molar-refractivity contribution in [1.82, 2.24) is 34.8 Å². The number of fused-ring (bicyclic) bond motifs is 3. The zero-order valence-electron chi connectivity index (χ0n) is 42.0. The lowest BCUT2D eigenvalue weighted by molar-refractivity contribution is -0.146. The average molecular weight is 987 g/mol. The molecule has 69 heavy (non-hydrogen) atoms. The number of aliphatic imine (C=N–C) groups is 1. The number of hydrogen-bond acceptors (Lipinski definition) is 14. The van der Waals surface area contributed by atoms with E-state index in [1.807, 2.05) is 31.3 Å². The van der Waals surface area contributed by atoms with Crippen molar-refractivity contribution in [1.29, 1.82) is 5.41 Å². The Morgan fingerprint density at radius 1 is 1.16 bits per heavy atom. The molecule has 3 aromatic rings. The number of amides is 3. The van der Waals surface area contributed by atoms with Crippen LogP contribution in [-0.4, -0.2) is 159 Å². The molecule has 3 amide bonds. The van der Waals surface area contributed by atoms with Crippen LogP contribution in [0.1, 0.15) is 83.7 Å². The Kier molecular flexibility index (Phi) is 18.0. The van der Waals surface area contributed by atoms with Crippen LogP contribution in [-0.2, 0) is 41.6 Å². The first-order valence-electron chi connectivity index (χ1n) is 24.0. The van der Waals surface area contributed by atoms with Gasteiger partial charge in [-0.3, -0.25) is 34.6 Å². The highest BCUT2D eigenvalue weighted by molar-refractivity contribution is 8.13. The van der Waals surface area contributed by atoms with Crippen molar-refractivity contribution in [2.24, 2.45) is 28.0 Å². The molecular weight excluding hydrogens is 915 g/mol. The Hall–Kier alpha value is -4.99. The summed E-state index contributed by atoms with van der Waals surface area (Å²) in [6.45, 7) is 16.6. The molecule has 5 N–H and O–H groups in total. The number of aromatic nitrogens is 2. The third-order valence-corrected chi connectivity index (χ3v) is 16.2. The Labute approximate surface area is 412 Å². The van der Waals surface area contributed by atoms with Gasteiger partial charge in [-0.25, -0.2) is 10.1 Å². The lowest BCUT2D eigenvalue weighted by atomic mass is 9.84. The molecule has 5 heterocycles. The predicted octanol–water partition coefficient (Wildman–Crippen LogP) is 4.82. The van der Waals surface area contributed by atoms with Crippen LogP contribution in [0.2, 0.25) is 6.04 Å². The number of thioether (sulfide) groups is 1. The van der Waals surface area contributed by atoms with Crippen molar-refractivity contribution >= 4 is 77.8 Å². The summed E-state index contributed by atoms with van der Waals surface area (Å²) in [4.78, 5) is 84.3. The van der Waals surface area contributed by atoms with E-state index in [4.69, 9.17) is 25.2 Å². The van der Waals surface area contributed by atoms with Gasteiger partial charge >= 0.3 is 0 Å². The van der Waals surface area contributed by atoms with Crippen LogP contribution in [0.3, 0.4) is 0 Å². The minimum Gasteiger partial charge on any atom is -0.468 e. The number of rotatable bonds is 13. The third kappa shape index (κ3) is 12.1. The summed E-state index contributed by atoms with van der Waals surface area (Å²) in [5.41, 5.74) is 11.0. The van der Waals surface area contributed by atoms with Gasteiger partial charge in [-0.15, -0.1) is 11.8 Å². The van der Waals surface area contributed by atoms with Gasteiger partial charge in [0.25, 0.3) is 20.5 Å². The second-order valence-electron chi connectivity index (χ2n) is 19.5. The number of methoxy groups -OCH3 is 1. The molecule has 1 aromatic carbocycles. The molecule has 0 aliphatic carbocycles. The van der Waals surface area contributed by atoms with Crippen LogP contribution in [0.15, 0.2) is 35.5 Å². The SMILES string of the molecule is CCn1c(-c2cc(N3CCN(C)CC3)cnc2[C@H](C)OC)c2c3cc(ccc31)C(=N)N=C(SC)C[C@H](NC(=O)[C@H](C(C)C)N(C)C(=O)[C@H](C=O)CCN)C(=O)N1CCC[Si](N1)C(=O)OCC(C)(C)C2. The first kappa shape index (κ1) is 53.4. The second kappa shape index (κ2) is 23.3. The molecular formula is C49H72N11O7SSi. The number of nitrogens with one attached hydrogen (secondary N) is 3. The number of pyridine rings is 1. The standard InChI is InChI=1S/C49H72N11O7SSi/c1-11-59-39-14-13-32-23-35(39)37(43(59)36-24-34(27-52-41(36)31(4)66-9)58-20-18-56(7)19-21-58)26-49(5,6)29-67-48(65)69-22-12-17-60(55-69)47(64)38(25-40(68-10)54-44(32)51)53-45(62)42(30(2)3)57(8)46(63)33(28-61)15-16-50/h13-14,23-24,27-28,30-31,33,38,42,51,55H,11-12,15-22,25-26,29,50H2,1-10H3,(H,53,62)/t31-,33-,38-,42-/m0/s1. The number of aryl methyl sites for hydroxylation is 1. The number of amidine groups is 1. The van der Waals surface area contributed by atoms with Gasteiger partial charge in [-0.05, 0) is 94.7 Å². The fourth-order valence-corrected chi connectivity index (χ4v) is 11.8. The molecule has 4 bridgehead atoms. The molecule has 2 fully saturated rings. The molecule has 1 radical (unpaired) electrons. The maximum Gasteiger partial charge on any atom is 0.294 e. The van der Waals surface area contributed by atoms with Crippen molar-refractivity contribution in [3.8, 4) is 11.3 Å². The molecule has 2 saturated heterocycles. The number of hydrogen-bond donors (Lipinski definition) is 4. The summed E-state index contributed by atoms with van der Waals surface area (Å²) >= 11 is 1.26. The van der Waals surface area contributed by atoms with E-state index in [1.165, 1.54) is 28.7 Å². The van der Waals surface area contributed by atoms with Crippen LogP contribution in [0.4, 0.5) is 10.5 Å². The quantitative estimate of drug-likeness (QED) is 0.103. The van der Waals surface area contributed by atoms with E-state index in [9.17, 15) is 29.4 Å². The summed E-state index contributed by atoms with van der Waals surface area (Å²) in [5.74, 6) is -3.09. The van der Waals surface area contributed by atoms with Crippen LogP contribution >= 0.6 is 11.8 Å². The number of nitrogens with two attached hydrogens (primary N) is 1. The molecule has 3 aliphatic rings. The van der Waals surface area contributed by atoms with E-state index >= 15 is 0 Å². The van der Waals surface area contributed by atoms with Crippen molar-refractivity contribution < 1.29 is 33.4 Å². The molecule has 0 unspecified atom stereocenters. The number of piperazine rings is 1. The lowest BCUT2D eigenvalue weighted by Gasteiger charge is -2.36. The Morgan fingerprint density at radius 3 is 2.52 bits per heavy atom. The fourth-order valence-electron chi connectivity index (χ4n) is 9.53. The monoisotopic (exact) mass is 987 g/mol. The van der Waals surface area contributed by atoms with Gasteiger partial charge in [0.1, 0.15) is 18.4 Å². The van der Waals surface area contributed by atoms with Crippen LogP contribution in [0.5, 0.6) is 0 Å². The topological polar surface area (TPSA) is 221 Å². The minimum atomic E-state index is -2.12. The van der Waals surface area contributed by atoms with Gasteiger partial charge < -0.3 is 44.6 Å². The lowest BCUT2D eigenvalue weighted by Crippen LogP contribution is -2.63. The van der Waals surface area contributed by atoms with E-state index in [2.05, 4.69) is 58.7 Å². The highest BCUT2D eigenvalue weighted by Crippen LogP contribution is 2.42. The first-order valence-corrected chi connectivity index (χ1v) is 26.9. The Bertz CT molecular complexity index is 2420. The maximum atomic E-state index is 14.6. The number of hydrazine groups is 1. The van der Waals surface area contributed by atoms with Gasteiger partial charge in [0, 0.05) is 87.3 Å². The summed E-state index contributed by atoms with van der Waals surface area (Å²) in [5, 5.41) is 18.3. The number of carbonyl (C=O) groups is 5. The number of cyclic esters (lactones) is 1. The molecule has 375 valence electrons. The van der Waals surface area contributed by atoms with Gasteiger partial charge in [-0.2, -0.15) is 0 Å². The van der Waals surface area contributed by atoms with Crippen molar-refractivity contribution in [2.75, 3.05) is 78.2 Å². The van der Waals surface area contributed by atoms with E-state index in [1.54, 1.807) is 27.2 Å². The summed E-state index contributed by atoms with van der Waals surface area (Å²) < 4.78 is 14.4. The van der Waals surface area contributed by atoms with E-state index < -0.39 is 61.6 Å². The normalized spacial score (nSPS) is 20.3. The largest absolute Gasteiger partial charge is 0.468 e. The summed E-state index contributed by atoms with van der Waals surface area (Å²) in [7, 11) is 3.17. The highest BCUT2D eigenvalue weighted by atomic mass is 32.2. The number of anilines is 1. The van der Waals surface area contributed by atoms with Gasteiger partial charge in [0.05, 0.1) is 46.9 Å². The molecule has 0 spiro atoms. The van der Waals surface area contributed by atoms with Crippen molar-refractivity contribution in [2.45, 2.75) is 98.0 Å². The minimum absolute atomic E-state index is 0.0240. The second-order valence-corrected chi connectivity index (χ2v) is 22.4. The number of aldehydes is 1. The first-order chi connectivity index (χ1) is 32.9. The predicted molar refractivity (Wildman–Crippen MR) is 274 cm³/mol. The molecule has 3 aliphatic heterocycles. The Morgan fingerprint density at radius 2 is 1.88 bits per heavy atom. The van der Waals surface area contributed by atoms with E-state index in [0.29, 0.717) is 42.3 Å². The molecule has 0 saturated carbocycles. The van der Waals surface area contributed by atoms with Crippen molar-refractivity contribution in [3.05, 3.63) is 47.3 Å². The fraction of sp³-hybridized carbons (Fsp3) is 0.592. The number of likely N-dealkylation sites (N-methyl/N-ethyl adjacent to an activating group) is 2. The number of ether oxygens (including phenoxy) is 2. The zero-order chi connectivity index (χ0) is 50.3. The number of benzene rings is 1.